The van der Waals surface area contributed by atoms with E-state index < -0.39 is 0 Å². The SMILES string of the molecule is Cc1cc(C)c(N=CN2C(=N)CO[C@H]3Cc4ccccc4[C@H]32)c(C)c1. The molecule has 4 heteroatoms. The highest BCUT2D eigenvalue weighted by Crippen LogP contribution is 2.39. The molecule has 0 saturated carbocycles. The van der Waals surface area contributed by atoms with Crippen molar-refractivity contribution in [2.45, 2.75) is 39.3 Å². The van der Waals surface area contributed by atoms with Crippen molar-refractivity contribution in [3.05, 3.63) is 64.2 Å². The number of rotatable bonds is 2. The van der Waals surface area contributed by atoms with E-state index in [9.17, 15) is 0 Å². The fourth-order valence-corrected chi connectivity index (χ4v) is 4.08. The third-order valence-corrected chi connectivity index (χ3v) is 5.14. The smallest absolute Gasteiger partial charge is 0.128 e. The van der Waals surface area contributed by atoms with Crippen LogP contribution in [0.2, 0.25) is 0 Å². The van der Waals surface area contributed by atoms with E-state index in [1.54, 1.807) is 0 Å². The number of benzene rings is 2. The van der Waals surface area contributed by atoms with E-state index in [-0.39, 0.29) is 12.1 Å². The Balaban J connectivity index is 1.70. The fourth-order valence-electron chi connectivity index (χ4n) is 4.08. The van der Waals surface area contributed by atoms with Crippen molar-refractivity contribution < 1.29 is 4.74 Å². The molecule has 0 aromatic heterocycles. The number of amidine groups is 1. The normalized spacial score (nSPS) is 22.4. The second-order valence-corrected chi connectivity index (χ2v) is 7.04. The summed E-state index contributed by atoms with van der Waals surface area (Å²) in [6.07, 6.45) is 2.83. The monoisotopic (exact) mass is 333 g/mol. The van der Waals surface area contributed by atoms with Crippen LogP contribution < -0.4 is 0 Å². The van der Waals surface area contributed by atoms with Crippen LogP contribution >= 0.6 is 0 Å². The minimum absolute atomic E-state index is 0.0484. The van der Waals surface area contributed by atoms with Crippen LogP contribution in [0, 0.1) is 26.2 Å². The zero-order valence-electron chi connectivity index (χ0n) is 14.9. The predicted molar refractivity (Wildman–Crippen MR) is 101 cm³/mol. The van der Waals surface area contributed by atoms with Crippen LogP contribution in [-0.4, -0.2) is 29.8 Å². The van der Waals surface area contributed by atoms with Gasteiger partial charge >= 0.3 is 0 Å². The fraction of sp³-hybridized carbons (Fsp3) is 0.333. The van der Waals surface area contributed by atoms with Gasteiger partial charge in [-0.3, -0.25) is 5.41 Å². The Morgan fingerprint density at radius 1 is 1.16 bits per heavy atom. The number of hydrogen-bond donors (Lipinski definition) is 1. The lowest BCUT2D eigenvalue weighted by Gasteiger charge is -2.37. The average Bonchev–Trinajstić information content (AvgIpc) is 2.94. The molecular weight excluding hydrogens is 310 g/mol. The lowest BCUT2D eigenvalue weighted by atomic mass is 10.0. The zero-order valence-corrected chi connectivity index (χ0v) is 14.9. The summed E-state index contributed by atoms with van der Waals surface area (Å²) in [6, 6.07) is 12.8. The second kappa shape index (κ2) is 6.12. The molecular formula is C21H23N3O. The standard InChI is InChI=1S/C21H23N3O/c1-13-8-14(2)20(15(3)9-13)23-12-24-19(22)11-25-18-10-16-6-4-5-7-17(16)21(18)24/h4-9,12,18,21-22H,10-11H2,1-3H3/t18-,21+/m0/s1. The molecule has 0 amide bonds. The Bertz CT molecular complexity index is 848. The van der Waals surface area contributed by atoms with Crippen molar-refractivity contribution in [2.24, 2.45) is 4.99 Å². The molecule has 0 unspecified atom stereocenters. The number of nitrogens with zero attached hydrogens (tertiary/aromatic N) is 2. The molecule has 1 fully saturated rings. The Morgan fingerprint density at radius 3 is 2.64 bits per heavy atom. The van der Waals surface area contributed by atoms with Crippen LogP contribution in [0.3, 0.4) is 0 Å². The number of fused-ring (bicyclic) bond motifs is 3. The first-order valence-electron chi connectivity index (χ1n) is 8.72. The van der Waals surface area contributed by atoms with Gasteiger partial charge in [0.2, 0.25) is 0 Å². The summed E-state index contributed by atoms with van der Waals surface area (Å²) in [5, 5.41) is 8.36. The summed E-state index contributed by atoms with van der Waals surface area (Å²) in [5.74, 6) is 0.462. The van der Waals surface area contributed by atoms with Crippen molar-refractivity contribution in [3.63, 3.8) is 0 Å². The van der Waals surface area contributed by atoms with E-state index >= 15 is 0 Å². The lowest BCUT2D eigenvalue weighted by Crippen LogP contribution is -2.46. The van der Waals surface area contributed by atoms with E-state index in [1.165, 1.54) is 16.7 Å². The molecule has 25 heavy (non-hydrogen) atoms. The molecule has 1 heterocycles. The highest BCUT2D eigenvalue weighted by molar-refractivity contribution is 5.93. The van der Waals surface area contributed by atoms with Crippen molar-refractivity contribution in [3.8, 4) is 0 Å². The van der Waals surface area contributed by atoms with Crippen LogP contribution in [0.15, 0.2) is 41.4 Å². The van der Waals surface area contributed by atoms with E-state index in [2.05, 4.69) is 57.2 Å². The van der Waals surface area contributed by atoms with Gasteiger partial charge in [0.15, 0.2) is 0 Å². The van der Waals surface area contributed by atoms with Gasteiger partial charge in [0, 0.05) is 6.42 Å². The van der Waals surface area contributed by atoms with Crippen LogP contribution in [0.4, 0.5) is 5.69 Å². The van der Waals surface area contributed by atoms with Gasteiger partial charge in [0.1, 0.15) is 12.4 Å². The number of aliphatic imine (C=N–C) groups is 1. The van der Waals surface area contributed by atoms with Gasteiger partial charge in [-0.25, -0.2) is 4.99 Å². The van der Waals surface area contributed by atoms with Gasteiger partial charge in [-0.05, 0) is 43.0 Å². The molecule has 128 valence electrons. The molecule has 2 aliphatic rings. The largest absolute Gasteiger partial charge is 0.367 e. The molecule has 0 radical (unpaired) electrons. The molecule has 2 aromatic carbocycles. The van der Waals surface area contributed by atoms with Crippen LogP contribution in [0.5, 0.6) is 0 Å². The quantitative estimate of drug-likeness (QED) is 0.660. The summed E-state index contributed by atoms with van der Waals surface area (Å²) in [4.78, 5) is 6.74. The Kier molecular flexibility index (Phi) is 3.92. The van der Waals surface area contributed by atoms with Gasteiger partial charge in [-0.2, -0.15) is 0 Å². The number of morpholine rings is 1. The van der Waals surface area contributed by atoms with Crippen molar-refractivity contribution in [1.29, 1.82) is 5.41 Å². The molecule has 1 aliphatic heterocycles. The molecule has 0 bridgehead atoms. The first-order chi connectivity index (χ1) is 12.0. The summed E-state index contributed by atoms with van der Waals surface area (Å²) >= 11 is 0. The molecule has 2 aromatic rings. The maximum absolute atomic E-state index is 8.36. The number of ether oxygens (including phenoxy) is 1. The lowest BCUT2D eigenvalue weighted by molar-refractivity contribution is 0.0201. The van der Waals surface area contributed by atoms with Crippen LogP contribution in [0.25, 0.3) is 0 Å². The third-order valence-electron chi connectivity index (χ3n) is 5.14. The molecule has 4 nitrogen and oxygen atoms in total. The van der Waals surface area contributed by atoms with Gasteiger partial charge in [0.05, 0.1) is 24.2 Å². The van der Waals surface area contributed by atoms with Crippen LogP contribution in [0.1, 0.15) is 33.9 Å². The highest BCUT2D eigenvalue weighted by atomic mass is 16.5. The Labute approximate surface area is 148 Å². The van der Waals surface area contributed by atoms with Crippen molar-refractivity contribution >= 4 is 17.9 Å². The minimum Gasteiger partial charge on any atom is -0.367 e. The molecule has 1 saturated heterocycles. The Hall–Kier alpha value is -2.46. The van der Waals surface area contributed by atoms with Crippen molar-refractivity contribution in [2.75, 3.05) is 6.61 Å². The Morgan fingerprint density at radius 2 is 1.88 bits per heavy atom. The van der Waals surface area contributed by atoms with Gasteiger partial charge in [-0.15, -0.1) is 0 Å². The predicted octanol–water partition coefficient (Wildman–Crippen LogP) is 4.25. The second-order valence-electron chi connectivity index (χ2n) is 7.04. The summed E-state index contributed by atoms with van der Waals surface area (Å²) in [5.41, 5.74) is 7.13. The first kappa shape index (κ1) is 16.0. The zero-order chi connectivity index (χ0) is 17.6. The molecule has 1 N–H and O–H groups in total. The molecule has 0 spiro atoms. The first-order valence-corrected chi connectivity index (χ1v) is 8.72. The van der Waals surface area contributed by atoms with Crippen LogP contribution in [-0.2, 0) is 11.2 Å². The summed E-state index contributed by atoms with van der Waals surface area (Å²) in [7, 11) is 0. The van der Waals surface area contributed by atoms with E-state index in [0.717, 1.165) is 23.2 Å². The maximum Gasteiger partial charge on any atom is 0.128 e. The molecule has 2 atom stereocenters. The minimum atomic E-state index is 0.0484. The number of nitrogens with one attached hydrogen (secondary N) is 1. The third kappa shape index (κ3) is 2.76. The molecule has 1 aliphatic carbocycles. The number of aryl methyl sites for hydroxylation is 3. The van der Waals surface area contributed by atoms with Gasteiger partial charge < -0.3 is 9.64 Å². The summed E-state index contributed by atoms with van der Waals surface area (Å²) < 4.78 is 5.91. The van der Waals surface area contributed by atoms with Gasteiger partial charge in [0.25, 0.3) is 0 Å². The van der Waals surface area contributed by atoms with Gasteiger partial charge in [-0.1, -0.05) is 42.0 Å². The summed E-state index contributed by atoms with van der Waals surface area (Å²) in [6.45, 7) is 6.62. The van der Waals surface area contributed by atoms with Crippen molar-refractivity contribution in [1.82, 2.24) is 4.90 Å². The number of hydrogen-bond acceptors (Lipinski definition) is 3. The molecule has 4 rings (SSSR count). The average molecular weight is 333 g/mol. The maximum atomic E-state index is 8.36. The highest BCUT2D eigenvalue weighted by Gasteiger charge is 2.41. The van der Waals surface area contributed by atoms with E-state index in [4.69, 9.17) is 15.1 Å². The topological polar surface area (TPSA) is 48.7 Å². The van der Waals surface area contributed by atoms with E-state index in [1.807, 2.05) is 11.2 Å². The van der Waals surface area contributed by atoms with E-state index in [0.29, 0.717) is 12.4 Å².